The number of rotatable bonds is 9. The van der Waals surface area contributed by atoms with Gasteiger partial charge in [0.2, 0.25) is 5.91 Å². The summed E-state index contributed by atoms with van der Waals surface area (Å²) in [4.78, 5) is 16.4. The number of amides is 1. The van der Waals surface area contributed by atoms with E-state index in [1.54, 1.807) is 7.11 Å². The first-order chi connectivity index (χ1) is 12.8. The van der Waals surface area contributed by atoms with Crippen LogP contribution in [0.5, 0.6) is 0 Å². The van der Waals surface area contributed by atoms with Gasteiger partial charge < -0.3 is 20.7 Å². The largest absolute Gasteiger partial charge is 0.379 e. The van der Waals surface area contributed by atoms with Gasteiger partial charge in [-0.3, -0.25) is 4.79 Å². The second kappa shape index (κ2) is 13.8. The third kappa shape index (κ3) is 10.3. The number of aliphatic imine (C=N–C) groups is 1. The Morgan fingerprint density at radius 3 is 2.50 bits per heavy atom. The monoisotopic (exact) mass is 504 g/mol. The van der Waals surface area contributed by atoms with Crippen LogP contribution in [0.25, 0.3) is 0 Å². The second-order valence-electron chi connectivity index (χ2n) is 7.66. The summed E-state index contributed by atoms with van der Waals surface area (Å²) in [5.74, 6) is 0.796. The van der Waals surface area contributed by atoms with Gasteiger partial charge in [0.15, 0.2) is 5.96 Å². The number of halogens is 1. The number of carbonyl (C=O) groups excluding carboxylic acids is 1. The van der Waals surface area contributed by atoms with Gasteiger partial charge in [0.1, 0.15) is 0 Å². The molecular weight excluding hydrogens is 467 g/mol. The lowest BCUT2D eigenvalue weighted by Gasteiger charge is -2.30. The molecule has 0 fully saturated rings. The quantitative estimate of drug-likeness (QED) is 0.268. The van der Waals surface area contributed by atoms with E-state index in [-0.39, 0.29) is 41.4 Å². The molecule has 1 rings (SSSR count). The van der Waals surface area contributed by atoms with Crippen LogP contribution in [-0.4, -0.2) is 38.2 Å². The molecule has 0 bridgehead atoms. The lowest BCUT2D eigenvalue weighted by atomic mass is 9.89. The van der Waals surface area contributed by atoms with Crippen molar-refractivity contribution in [2.24, 2.45) is 10.4 Å². The highest BCUT2D eigenvalue weighted by Crippen LogP contribution is 2.21. The summed E-state index contributed by atoms with van der Waals surface area (Å²) in [5, 5.41) is 9.54. The van der Waals surface area contributed by atoms with Gasteiger partial charge in [0.05, 0.1) is 12.6 Å². The number of ether oxygens (including phenoxy) is 1. The molecule has 0 saturated carbocycles. The first-order valence-corrected chi connectivity index (χ1v) is 9.73. The molecule has 1 aromatic carbocycles. The van der Waals surface area contributed by atoms with E-state index in [9.17, 15) is 4.79 Å². The van der Waals surface area contributed by atoms with E-state index in [1.807, 2.05) is 38.1 Å². The van der Waals surface area contributed by atoms with Gasteiger partial charge >= 0.3 is 0 Å². The van der Waals surface area contributed by atoms with E-state index >= 15 is 0 Å². The molecule has 0 aliphatic heterocycles. The van der Waals surface area contributed by atoms with Crippen molar-refractivity contribution in [1.29, 1.82) is 0 Å². The first-order valence-electron chi connectivity index (χ1n) is 9.73. The molecule has 0 aliphatic carbocycles. The van der Waals surface area contributed by atoms with Crippen molar-refractivity contribution in [1.82, 2.24) is 10.6 Å². The maximum absolute atomic E-state index is 11.8. The highest BCUT2D eigenvalue weighted by molar-refractivity contribution is 14.0. The van der Waals surface area contributed by atoms with Crippen molar-refractivity contribution in [2.75, 3.05) is 25.5 Å². The average molecular weight is 504 g/mol. The van der Waals surface area contributed by atoms with Gasteiger partial charge in [0, 0.05) is 32.3 Å². The molecule has 0 aliphatic rings. The maximum Gasteiger partial charge on any atom is 0.224 e. The van der Waals surface area contributed by atoms with Crippen molar-refractivity contribution in [3.05, 3.63) is 29.8 Å². The number of anilines is 1. The summed E-state index contributed by atoms with van der Waals surface area (Å²) in [5.41, 5.74) is 1.90. The topological polar surface area (TPSA) is 74.8 Å². The Bertz CT molecular complexity index is 615. The molecule has 28 heavy (non-hydrogen) atoms. The predicted molar refractivity (Wildman–Crippen MR) is 128 cm³/mol. The van der Waals surface area contributed by atoms with E-state index < -0.39 is 0 Å². The molecule has 0 radical (unpaired) electrons. The normalized spacial score (nSPS) is 12.7. The van der Waals surface area contributed by atoms with Crippen LogP contribution in [0.1, 0.15) is 53.0 Å². The predicted octanol–water partition coefficient (Wildman–Crippen LogP) is 4.16. The first kappa shape index (κ1) is 26.6. The van der Waals surface area contributed by atoms with Gasteiger partial charge in [-0.2, -0.15) is 0 Å². The van der Waals surface area contributed by atoms with Gasteiger partial charge in [-0.05, 0) is 36.5 Å². The van der Waals surface area contributed by atoms with Crippen LogP contribution < -0.4 is 16.0 Å². The third-order valence-electron chi connectivity index (χ3n) is 4.16. The molecule has 0 saturated heterocycles. The lowest BCUT2D eigenvalue weighted by molar-refractivity contribution is -0.116. The average Bonchev–Trinajstić information content (AvgIpc) is 2.59. The molecular formula is C21H37IN4O2. The number of nitrogens with one attached hydrogen (secondary N) is 3. The number of methoxy groups -OCH3 is 1. The zero-order valence-corrected chi connectivity index (χ0v) is 20.4. The van der Waals surface area contributed by atoms with Crippen molar-refractivity contribution >= 4 is 41.5 Å². The SMILES string of the molecule is CCCC(=O)Nc1cccc(CN=C(NCC)NCC(OC)C(C)(C)C)c1.I. The Hall–Kier alpha value is -1.35. The van der Waals surface area contributed by atoms with Crippen molar-refractivity contribution in [2.45, 2.75) is 60.1 Å². The highest BCUT2D eigenvalue weighted by atomic mass is 127. The van der Waals surface area contributed by atoms with Crippen LogP contribution >= 0.6 is 24.0 Å². The molecule has 160 valence electrons. The van der Waals surface area contributed by atoms with Crippen LogP contribution in [0.3, 0.4) is 0 Å². The molecule has 0 heterocycles. The van der Waals surface area contributed by atoms with E-state index in [0.717, 1.165) is 30.2 Å². The minimum atomic E-state index is 0. The highest BCUT2D eigenvalue weighted by Gasteiger charge is 2.24. The Morgan fingerprint density at radius 1 is 1.21 bits per heavy atom. The van der Waals surface area contributed by atoms with E-state index in [2.05, 4.69) is 41.7 Å². The number of benzene rings is 1. The summed E-state index contributed by atoms with van der Waals surface area (Å²) in [6.07, 6.45) is 1.45. The number of guanidine groups is 1. The van der Waals surface area contributed by atoms with Gasteiger partial charge in [-0.1, -0.05) is 39.8 Å². The maximum atomic E-state index is 11.8. The fraction of sp³-hybridized carbons (Fsp3) is 0.619. The van der Waals surface area contributed by atoms with E-state index in [0.29, 0.717) is 19.5 Å². The molecule has 1 aromatic rings. The van der Waals surface area contributed by atoms with Crippen LogP contribution in [0.2, 0.25) is 0 Å². The fourth-order valence-electron chi connectivity index (χ4n) is 2.64. The summed E-state index contributed by atoms with van der Waals surface area (Å²) < 4.78 is 5.59. The van der Waals surface area contributed by atoms with E-state index in [4.69, 9.17) is 4.74 Å². The number of hydrogen-bond donors (Lipinski definition) is 3. The minimum Gasteiger partial charge on any atom is -0.379 e. The molecule has 0 aromatic heterocycles. The summed E-state index contributed by atoms with van der Waals surface area (Å²) in [6.45, 7) is 12.5. The minimum absolute atomic E-state index is 0. The van der Waals surface area contributed by atoms with E-state index in [1.165, 1.54) is 0 Å². The smallest absolute Gasteiger partial charge is 0.224 e. The standard InChI is InChI=1S/C21H36N4O2.HI/c1-7-10-19(26)25-17-12-9-11-16(13-17)14-23-20(22-8-2)24-15-18(27-6)21(3,4)5;/h9,11-13,18H,7-8,10,14-15H2,1-6H3,(H,25,26)(H2,22,23,24);1H. The zero-order chi connectivity index (χ0) is 20.3. The van der Waals surface area contributed by atoms with Crippen molar-refractivity contribution < 1.29 is 9.53 Å². The molecule has 6 nitrogen and oxygen atoms in total. The summed E-state index contributed by atoms with van der Waals surface area (Å²) >= 11 is 0. The number of carbonyl (C=O) groups is 1. The number of nitrogens with zero attached hydrogens (tertiary/aromatic N) is 1. The summed E-state index contributed by atoms with van der Waals surface area (Å²) in [6, 6.07) is 7.81. The molecule has 1 unspecified atom stereocenters. The van der Waals surface area contributed by atoms with Crippen LogP contribution in [0.15, 0.2) is 29.3 Å². The van der Waals surface area contributed by atoms with Gasteiger partial charge in [-0.25, -0.2) is 4.99 Å². The molecule has 7 heteroatoms. The molecule has 1 atom stereocenters. The molecule has 0 spiro atoms. The van der Waals surface area contributed by atoms with Crippen LogP contribution in [0.4, 0.5) is 5.69 Å². The summed E-state index contributed by atoms with van der Waals surface area (Å²) in [7, 11) is 1.74. The molecule has 1 amide bonds. The van der Waals surface area contributed by atoms with Crippen molar-refractivity contribution in [3.8, 4) is 0 Å². The molecule has 3 N–H and O–H groups in total. The lowest BCUT2D eigenvalue weighted by Crippen LogP contribution is -2.45. The Balaban J connectivity index is 0.00000729. The van der Waals surface area contributed by atoms with Crippen LogP contribution in [0, 0.1) is 5.41 Å². The second-order valence-corrected chi connectivity index (χ2v) is 7.66. The fourth-order valence-corrected chi connectivity index (χ4v) is 2.64. The van der Waals surface area contributed by atoms with Gasteiger partial charge in [-0.15, -0.1) is 24.0 Å². The Morgan fingerprint density at radius 2 is 1.93 bits per heavy atom. The Kier molecular flexibility index (Phi) is 13.1. The zero-order valence-electron chi connectivity index (χ0n) is 18.1. The van der Waals surface area contributed by atoms with Crippen molar-refractivity contribution in [3.63, 3.8) is 0 Å². The van der Waals surface area contributed by atoms with Crippen LogP contribution in [-0.2, 0) is 16.1 Å². The van der Waals surface area contributed by atoms with Gasteiger partial charge in [0.25, 0.3) is 0 Å². The third-order valence-corrected chi connectivity index (χ3v) is 4.16. The Labute approximate surface area is 187 Å². The number of hydrogen-bond acceptors (Lipinski definition) is 3.